The molecular weight excluding hydrogens is 474 g/mol. The Kier molecular flexibility index (Phi) is 6.72. The van der Waals surface area contributed by atoms with E-state index >= 15 is 0 Å². The number of hydrogen-bond acceptors (Lipinski definition) is 7. The normalized spacial score (nSPS) is 18.2. The number of aromatic hydroxyl groups is 1. The van der Waals surface area contributed by atoms with Gasteiger partial charge in [-0.1, -0.05) is 36.4 Å². The van der Waals surface area contributed by atoms with Crippen LogP contribution in [0.2, 0.25) is 0 Å². The monoisotopic (exact) mass is 501 g/mol. The largest absolute Gasteiger partial charge is 0.507 e. The van der Waals surface area contributed by atoms with Crippen LogP contribution in [0.4, 0.5) is 0 Å². The zero-order chi connectivity index (χ0) is 25.9. The predicted molar refractivity (Wildman–Crippen MR) is 136 cm³/mol. The first-order valence-electron chi connectivity index (χ1n) is 12.2. The van der Waals surface area contributed by atoms with Gasteiger partial charge in [0.1, 0.15) is 19.0 Å². The van der Waals surface area contributed by atoms with Crippen molar-refractivity contribution in [2.45, 2.75) is 19.4 Å². The van der Waals surface area contributed by atoms with Crippen molar-refractivity contribution in [2.24, 2.45) is 0 Å². The van der Waals surface area contributed by atoms with E-state index in [9.17, 15) is 19.8 Å². The molecule has 2 N–H and O–H groups in total. The fourth-order valence-electron chi connectivity index (χ4n) is 4.67. The highest BCUT2D eigenvalue weighted by atomic mass is 16.6. The van der Waals surface area contributed by atoms with Gasteiger partial charge < -0.3 is 29.3 Å². The minimum atomic E-state index is -0.878. The van der Waals surface area contributed by atoms with Crippen molar-refractivity contribution >= 4 is 17.4 Å². The summed E-state index contributed by atoms with van der Waals surface area (Å²) in [5, 5.41) is 21.6. The van der Waals surface area contributed by atoms with Gasteiger partial charge in [-0.05, 0) is 54.8 Å². The Labute approximate surface area is 214 Å². The molecule has 1 fully saturated rings. The molecule has 5 rings (SSSR count). The quantitative estimate of drug-likeness (QED) is 0.284. The number of nitrogens with zero attached hydrogens (tertiary/aromatic N) is 1. The highest BCUT2D eigenvalue weighted by Crippen LogP contribution is 2.43. The Balaban J connectivity index is 1.60. The number of hydrogen-bond donors (Lipinski definition) is 2. The van der Waals surface area contributed by atoms with Gasteiger partial charge in [0.2, 0.25) is 0 Å². The summed E-state index contributed by atoms with van der Waals surface area (Å²) >= 11 is 0. The van der Waals surface area contributed by atoms with E-state index in [4.69, 9.17) is 14.2 Å². The summed E-state index contributed by atoms with van der Waals surface area (Å²) in [4.78, 5) is 28.1. The van der Waals surface area contributed by atoms with Crippen LogP contribution in [0, 0.1) is 0 Å². The van der Waals surface area contributed by atoms with Crippen molar-refractivity contribution in [3.63, 3.8) is 0 Å². The Morgan fingerprint density at radius 3 is 2.51 bits per heavy atom. The number of phenolic OH excluding ortho intramolecular Hbond substituents is 1. The number of fused-ring (bicyclic) bond motifs is 1. The lowest BCUT2D eigenvalue weighted by molar-refractivity contribution is -0.139. The Hall–Kier alpha value is -4.46. The summed E-state index contributed by atoms with van der Waals surface area (Å²) in [5.74, 6) is -0.626. The van der Waals surface area contributed by atoms with E-state index in [-0.39, 0.29) is 29.4 Å². The average molecular weight is 502 g/mol. The van der Waals surface area contributed by atoms with E-state index in [0.29, 0.717) is 48.9 Å². The van der Waals surface area contributed by atoms with Crippen LogP contribution in [0.3, 0.4) is 0 Å². The molecule has 2 heterocycles. The molecular formula is C29H27NO7. The topological polar surface area (TPSA) is 106 Å². The number of carbonyl (C=O) groups excluding carboxylic acids is 2. The molecule has 2 aliphatic rings. The second-order valence-corrected chi connectivity index (χ2v) is 8.75. The fourth-order valence-corrected chi connectivity index (χ4v) is 4.67. The predicted octanol–water partition coefficient (Wildman–Crippen LogP) is 4.23. The molecule has 1 saturated heterocycles. The zero-order valence-electron chi connectivity index (χ0n) is 20.3. The van der Waals surface area contributed by atoms with Crippen LogP contribution in [0.15, 0.2) is 72.3 Å². The van der Waals surface area contributed by atoms with E-state index in [1.54, 1.807) is 37.3 Å². The maximum absolute atomic E-state index is 13.3. The standard InChI is InChI=1S/C29H27NO7/c1-2-35-23-16-19(8-10-21(23)31)26-25(27(32)20-9-11-22-24(17-20)37-15-14-36-22)28(33)29(34)30(26)13-12-18-6-4-3-5-7-18/h3-11,16-17,26,31-32H,2,12-15H2,1H3/b27-25+. The van der Waals surface area contributed by atoms with Gasteiger partial charge in [-0.2, -0.15) is 0 Å². The number of benzene rings is 3. The van der Waals surface area contributed by atoms with Crippen molar-refractivity contribution in [3.8, 4) is 23.0 Å². The third-order valence-corrected chi connectivity index (χ3v) is 6.44. The maximum Gasteiger partial charge on any atom is 0.295 e. The number of rotatable bonds is 7. The highest BCUT2D eigenvalue weighted by molar-refractivity contribution is 6.46. The Bertz CT molecular complexity index is 1370. The Morgan fingerprint density at radius 2 is 1.76 bits per heavy atom. The molecule has 1 unspecified atom stereocenters. The van der Waals surface area contributed by atoms with Crippen LogP contribution in [-0.2, 0) is 16.0 Å². The van der Waals surface area contributed by atoms with Crippen LogP contribution in [0.5, 0.6) is 23.0 Å². The third kappa shape index (κ3) is 4.70. The molecule has 0 aromatic heterocycles. The number of aliphatic hydroxyl groups is 1. The lowest BCUT2D eigenvalue weighted by Gasteiger charge is -2.26. The van der Waals surface area contributed by atoms with E-state index in [1.165, 1.54) is 11.0 Å². The number of likely N-dealkylation sites (tertiary alicyclic amines) is 1. The SMILES string of the molecule is CCOc1cc(C2/C(=C(\O)c3ccc4c(c3)OCCO4)C(=O)C(=O)N2CCc2ccccc2)ccc1O. The molecule has 0 aliphatic carbocycles. The van der Waals surface area contributed by atoms with E-state index < -0.39 is 17.7 Å². The highest BCUT2D eigenvalue weighted by Gasteiger charge is 2.46. The molecule has 8 nitrogen and oxygen atoms in total. The van der Waals surface area contributed by atoms with Gasteiger partial charge in [0.25, 0.3) is 11.7 Å². The summed E-state index contributed by atoms with van der Waals surface area (Å²) in [6, 6.07) is 18.3. The molecule has 190 valence electrons. The van der Waals surface area contributed by atoms with Crippen molar-refractivity contribution in [3.05, 3.63) is 89.0 Å². The van der Waals surface area contributed by atoms with E-state index in [2.05, 4.69) is 0 Å². The third-order valence-electron chi connectivity index (χ3n) is 6.44. The Morgan fingerprint density at radius 1 is 1.00 bits per heavy atom. The molecule has 3 aromatic carbocycles. The molecule has 3 aromatic rings. The molecule has 1 atom stereocenters. The number of phenols is 1. The first-order valence-corrected chi connectivity index (χ1v) is 12.2. The number of ether oxygens (including phenoxy) is 3. The number of carbonyl (C=O) groups is 2. The molecule has 0 bridgehead atoms. The van der Waals surface area contributed by atoms with E-state index in [0.717, 1.165) is 5.56 Å². The second-order valence-electron chi connectivity index (χ2n) is 8.75. The lowest BCUT2D eigenvalue weighted by Crippen LogP contribution is -2.31. The first kappa shape index (κ1) is 24.2. The van der Waals surface area contributed by atoms with Crippen molar-refractivity contribution in [2.75, 3.05) is 26.4 Å². The van der Waals surface area contributed by atoms with Crippen LogP contribution in [0.1, 0.15) is 29.7 Å². The van der Waals surface area contributed by atoms with Gasteiger partial charge in [-0.25, -0.2) is 0 Å². The summed E-state index contributed by atoms with van der Waals surface area (Å²) in [7, 11) is 0. The minimum absolute atomic E-state index is 0.0390. The molecule has 1 amide bonds. The summed E-state index contributed by atoms with van der Waals surface area (Å²) < 4.78 is 16.7. The minimum Gasteiger partial charge on any atom is -0.507 e. The number of ketones is 1. The van der Waals surface area contributed by atoms with Crippen LogP contribution in [-0.4, -0.2) is 53.2 Å². The smallest absolute Gasteiger partial charge is 0.295 e. The number of amides is 1. The average Bonchev–Trinajstić information content (AvgIpc) is 3.18. The molecule has 0 radical (unpaired) electrons. The maximum atomic E-state index is 13.3. The van der Waals surface area contributed by atoms with Crippen LogP contribution in [0.25, 0.3) is 5.76 Å². The van der Waals surface area contributed by atoms with Crippen molar-refractivity contribution in [1.82, 2.24) is 4.90 Å². The van der Waals surface area contributed by atoms with Gasteiger partial charge in [0.15, 0.2) is 23.0 Å². The van der Waals surface area contributed by atoms with Crippen molar-refractivity contribution in [1.29, 1.82) is 0 Å². The van der Waals surface area contributed by atoms with Gasteiger partial charge >= 0.3 is 0 Å². The number of aliphatic hydroxyl groups excluding tert-OH is 1. The second kappa shape index (κ2) is 10.3. The van der Waals surface area contributed by atoms with Gasteiger partial charge in [-0.3, -0.25) is 9.59 Å². The lowest BCUT2D eigenvalue weighted by atomic mass is 9.94. The number of Topliss-reactive ketones (excluding diaryl/α,β-unsaturated/α-hetero) is 1. The molecule has 2 aliphatic heterocycles. The van der Waals surface area contributed by atoms with Gasteiger partial charge in [0, 0.05) is 12.1 Å². The molecule has 0 saturated carbocycles. The van der Waals surface area contributed by atoms with Crippen LogP contribution >= 0.6 is 0 Å². The zero-order valence-corrected chi connectivity index (χ0v) is 20.3. The van der Waals surface area contributed by atoms with E-state index in [1.807, 2.05) is 30.3 Å². The van der Waals surface area contributed by atoms with Crippen LogP contribution < -0.4 is 14.2 Å². The molecule has 37 heavy (non-hydrogen) atoms. The van der Waals surface area contributed by atoms with Crippen molar-refractivity contribution < 1.29 is 34.0 Å². The van der Waals surface area contributed by atoms with Gasteiger partial charge in [-0.15, -0.1) is 0 Å². The molecule has 8 heteroatoms. The summed E-state index contributed by atoms with van der Waals surface area (Å²) in [5.41, 5.74) is 1.84. The van der Waals surface area contributed by atoms with Gasteiger partial charge in [0.05, 0.1) is 18.2 Å². The first-order chi connectivity index (χ1) is 18.0. The molecule has 0 spiro atoms. The summed E-state index contributed by atoms with van der Waals surface area (Å²) in [6.07, 6.45) is 0.519. The summed E-state index contributed by atoms with van der Waals surface area (Å²) in [6.45, 7) is 3.16. The fraction of sp³-hybridized carbons (Fsp3) is 0.241.